The Hall–Kier alpha value is -4.24. The van der Waals surface area contributed by atoms with Gasteiger partial charge in [-0.3, -0.25) is 9.78 Å². The van der Waals surface area contributed by atoms with E-state index in [1.165, 1.54) is 31.1 Å². The van der Waals surface area contributed by atoms with E-state index in [4.69, 9.17) is 10.00 Å². The number of carbonyl (C=O) groups excluding carboxylic acids is 2. The van der Waals surface area contributed by atoms with Crippen molar-refractivity contribution in [3.63, 3.8) is 0 Å². The Morgan fingerprint density at radius 3 is 2.71 bits per heavy atom. The van der Waals surface area contributed by atoms with Crippen LogP contribution in [0.15, 0.2) is 36.7 Å². The molecule has 1 saturated carbocycles. The van der Waals surface area contributed by atoms with Crippen molar-refractivity contribution in [3.05, 3.63) is 47.8 Å². The standard InChI is InChI=1S/C26H30FN7O4/c1-26(2,37)23(27)14-30-24(35)19-13-29-21(22-6-5-17-7-15(11-28)12-31-34(17)22)10-20(19)32-16-8-18(9-16)38-25(36)33(3)4/h5-7,10,12-13,16,18,23,37H,8-9,14H2,1-4H3,(H,29,32)(H,30,35). The number of nitrogens with one attached hydrogen (secondary N) is 2. The number of amides is 2. The number of nitrogens with zero attached hydrogens (tertiary/aromatic N) is 5. The first-order chi connectivity index (χ1) is 18.0. The number of ether oxygens (including phenoxy) is 1. The van der Waals surface area contributed by atoms with E-state index in [9.17, 15) is 19.1 Å². The molecule has 11 nitrogen and oxygen atoms in total. The molecule has 0 radical (unpaired) electrons. The van der Waals surface area contributed by atoms with Crippen molar-refractivity contribution in [2.24, 2.45) is 0 Å². The van der Waals surface area contributed by atoms with Gasteiger partial charge in [-0.1, -0.05) is 0 Å². The predicted molar refractivity (Wildman–Crippen MR) is 137 cm³/mol. The minimum Gasteiger partial charge on any atom is -0.446 e. The summed E-state index contributed by atoms with van der Waals surface area (Å²) in [5.41, 5.74) is 1.38. The van der Waals surface area contributed by atoms with Gasteiger partial charge < -0.3 is 25.4 Å². The van der Waals surface area contributed by atoms with Crippen molar-refractivity contribution in [2.75, 3.05) is 26.0 Å². The minimum atomic E-state index is -1.66. The average molecular weight is 524 g/mol. The molecule has 1 unspecified atom stereocenters. The van der Waals surface area contributed by atoms with Crippen molar-refractivity contribution in [1.29, 1.82) is 5.26 Å². The second-order valence-electron chi connectivity index (χ2n) is 10.1. The summed E-state index contributed by atoms with van der Waals surface area (Å²) in [4.78, 5) is 30.6. The first-order valence-corrected chi connectivity index (χ1v) is 12.1. The molecular weight excluding hydrogens is 493 g/mol. The molecule has 1 aliphatic carbocycles. The van der Waals surface area contributed by atoms with Crippen molar-refractivity contribution in [2.45, 2.75) is 50.6 Å². The monoisotopic (exact) mass is 523 g/mol. The fourth-order valence-electron chi connectivity index (χ4n) is 3.92. The van der Waals surface area contributed by atoms with Crippen LogP contribution in [0.3, 0.4) is 0 Å². The number of aromatic nitrogens is 3. The van der Waals surface area contributed by atoms with Crippen LogP contribution in [0.4, 0.5) is 14.9 Å². The van der Waals surface area contributed by atoms with E-state index < -0.39 is 23.8 Å². The fraction of sp³-hybridized carbons (Fsp3) is 0.423. The van der Waals surface area contributed by atoms with Gasteiger partial charge in [-0.2, -0.15) is 10.4 Å². The van der Waals surface area contributed by atoms with Crippen molar-refractivity contribution >= 4 is 23.2 Å². The van der Waals surface area contributed by atoms with Crippen LogP contribution >= 0.6 is 0 Å². The number of alkyl halides is 1. The number of halogens is 1. The van der Waals surface area contributed by atoms with Gasteiger partial charge in [0.15, 0.2) is 0 Å². The van der Waals surface area contributed by atoms with Crippen molar-refractivity contribution in [1.82, 2.24) is 24.8 Å². The molecule has 12 heteroatoms. The van der Waals surface area contributed by atoms with Crippen LogP contribution in [0.1, 0.15) is 42.6 Å². The molecule has 0 spiro atoms. The highest BCUT2D eigenvalue weighted by atomic mass is 19.1. The number of fused-ring (bicyclic) bond motifs is 1. The molecule has 0 aliphatic heterocycles. The lowest BCUT2D eigenvalue weighted by molar-refractivity contribution is -0.00178. The minimum absolute atomic E-state index is 0.0672. The number of carbonyl (C=O) groups is 2. The lowest BCUT2D eigenvalue weighted by Gasteiger charge is -2.36. The van der Waals surface area contributed by atoms with E-state index in [2.05, 4.69) is 26.8 Å². The number of aliphatic hydroxyl groups is 1. The normalized spacial score (nSPS) is 17.7. The smallest absolute Gasteiger partial charge is 0.409 e. The van der Waals surface area contributed by atoms with Crippen LogP contribution in [0, 0.1) is 11.3 Å². The van der Waals surface area contributed by atoms with E-state index in [1.807, 2.05) is 12.1 Å². The lowest BCUT2D eigenvalue weighted by atomic mass is 9.89. The summed E-state index contributed by atoms with van der Waals surface area (Å²) in [6.45, 7) is 2.29. The van der Waals surface area contributed by atoms with Crippen LogP contribution in [0.25, 0.3) is 16.9 Å². The number of pyridine rings is 1. The van der Waals surface area contributed by atoms with Gasteiger partial charge in [0.05, 0.1) is 52.1 Å². The summed E-state index contributed by atoms with van der Waals surface area (Å²) >= 11 is 0. The van der Waals surface area contributed by atoms with Gasteiger partial charge in [0.2, 0.25) is 0 Å². The molecule has 1 aliphatic rings. The molecule has 1 fully saturated rings. The zero-order chi connectivity index (χ0) is 27.6. The number of hydrogen-bond acceptors (Lipinski definition) is 8. The van der Waals surface area contributed by atoms with Gasteiger partial charge in [-0.15, -0.1) is 0 Å². The van der Waals surface area contributed by atoms with E-state index in [-0.39, 0.29) is 24.3 Å². The zero-order valence-electron chi connectivity index (χ0n) is 21.6. The van der Waals surface area contributed by atoms with E-state index in [1.54, 1.807) is 30.7 Å². The Morgan fingerprint density at radius 2 is 2.05 bits per heavy atom. The topological polar surface area (TPSA) is 145 Å². The SMILES string of the molecule is CN(C)C(=O)OC1CC(Nc2cc(-c3ccc4cc(C#N)cnn34)ncc2C(=O)NCC(F)C(C)(C)O)C1. The van der Waals surface area contributed by atoms with Crippen LogP contribution < -0.4 is 10.6 Å². The Labute approximate surface area is 219 Å². The summed E-state index contributed by atoms with van der Waals surface area (Å²) in [7, 11) is 3.22. The highest BCUT2D eigenvalue weighted by molar-refractivity contribution is 6.00. The average Bonchev–Trinajstić information content (AvgIpc) is 3.28. The van der Waals surface area contributed by atoms with Crippen molar-refractivity contribution < 1.29 is 23.8 Å². The number of hydrogen-bond donors (Lipinski definition) is 3. The first-order valence-electron chi connectivity index (χ1n) is 12.1. The maximum atomic E-state index is 14.2. The molecular formula is C26H30FN7O4. The van der Waals surface area contributed by atoms with Gasteiger partial charge >= 0.3 is 6.09 Å². The predicted octanol–water partition coefficient (Wildman–Crippen LogP) is 2.75. The molecule has 3 aromatic rings. The summed E-state index contributed by atoms with van der Waals surface area (Å²) in [6, 6.07) is 9.03. The van der Waals surface area contributed by atoms with Gasteiger partial charge in [0, 0.05) is 39.2 Å². The van der Waals surface area contributed by atoms with E-state index in [0.29, 0.717) is 41.0 Å². The third-order valence-corrected chi connectivity index (χ3v) is 6.34. The van der Waals surface area contributed by atoms with Gasteiger partial charge in [0.25, 0.3) is 5.91 Å². The van der Waals surface area contributed by atoms with E-state index >= 15 is 0 Å². The Balaban J connectivity index is 1.58. The van der Waals surface area contributed by atoms with Gasteiger partial charge in [-0.25, -0.2) is 13.7 Å². The summed E-state index contributed by atoms with van der Waals surface area (Å²) in [5.74, 6) is -0.551. The molecule has 0 aromatic carbocycles. The molecule has 38 heavy (non-hydrogen) atoms. The fourth-order valence-corrected chi connectivity index (χ4v) is 3.92. The highest BCUT2D eigenvalue weighted by Gasteiger charge is 2.34. The molecule has 3 N–H and O–H groups in total. The quantitative estimate of drug-likeness (QED) is 0.409. The van der Waals surface area contributed by atoms with E-state index in [0.717, 1.165) is 0 Å². The third-order valence-electron chi connectivity index (χ3n) is 6.34. The maximum Gasteiger partial charge on any atom is 0.409 e. The van der Waals surface area contributed by atoms with Crippen molar-refractivity contribution in [3.8, 4) is 17.5 Å². The summed E-state index contributed by atoms with van der Waals surface area (Å²) in [5, 5.41) is 29.2. The van der Waals surface area contributed by atoms with Gasteiger partial charge in [0.1, 0.15) is 18.3 Å². The second-order valence-corrected chi connectivity index (χ2v) is 10.1. The zero-order valence-corrected chi connectivity index (χ0v) is 21.6. The molecule has 3 heterocycles. The Morgan fingerprint density at radius 1 is 1.32 bits per heavy atom. The molecule has 200 valence electrons. The number of rotatable bonds is 8. The van der Waals surface area contributed by atoms with Crippen LogP contribution in [-0.4, -0.2) is 81.2 Å². The number of nitriles is 1. The molecule has 2 amide bonds. The molecule has 0 bridgehead atoms. The third kappa shape index (κ3) is 5.84. The Bertz CT molecular complexity index is 1390. The molecule has 1 atom stereocenters. The first kappa shape index (κ1) is 26.8. The van der Waals surface area contributed by atoms with Crippen LogP contribution in [0.2, 0.25) is 0 Å². The molecule has 0 saturated heterocycles. The summed E-state index contributed by atoms with van der Waals surface area (Å²) in [6.07, 6.45) is 1.64. The Kier molecular flexibility index (Phi) is 7.50. The highest BCUT2D eigenvalue weighted by Crippen LogP contribution is 2.31. The molecule has 4 rings (SSSR count). The largest absolute Gasteiger partial charge is 0.446 e. The number of anilines is 1. The molecule has 3 aromatic heterocycles. The van der Waals surface area contributed by atoms with Crippen LogP contribution in [-0.2, 0) is 4.74 Å². The lowest BCUT2D eigenvalue weighted by Crippen LogP contribution is -2.44. The summed E-state index contributed by atoms with van der Waals surface area (Å²) < 4.78 is 21.3. The maximum absolute atomic E-state index is 14.2. The second kappa shape index (κ2) is 10.6. The van der Waals surface area contributed by atoms with Crippen LogP contribution in [0.5, 0.6) is 0 Å². The van der Waals surface area contributed by atoms with Gasteiger partial charge in [-0.05, 0) is 38.1 Å².